The Bertz CT molecular complexity index is 644. The van der Waals surface area contributed by atoms with Crippen molar-refractivity contribution >= 4 is 28.9 Å². The summed E-state index contributed by atoms with van der Waals surface area (Å²) in [6, 6.07) is 12.7. The van der Waals surface area contributed by atoms with Gasteiger partial charge in [0.1, 0.15) is 0 Å². The molecule has 110 valence electrons. The van der Waals surface area contributed by atoms with Crippen LogP contribution < -0.4 is 10.6 Å². The van der Waals surface area contributed by atoms with Crippen molar-refractivity contribution in [1.82, 2.24) is 0 Å². The third-order valence-electron chi connectivity index (χ3n) is 3.07. The lowest BCUT2D eigenvalue weighted by atomic mass is 10.2. The van der Waals surface area contributed by atoms with E-state index >= 15 is 0 Å². The monoisotopic (exact) mass is 304 g/mol. The molecule has 5 heteroatoms. The number of aliphatic hydroxyl groups excluding tert-OH is 1. The minimum absolute atomic E-state index is 0.0682. The molecule has 0 radical (unpaired) electrons. The van der Waals surface area contributed by atoms with Gasteiger partial charge in [-0.1, -0.05) is 35.9 Å². The van der Waals surface area contributed by atoms with Gasteiger partial charge in [-0.05, 0) is 36.2 Å². The van der Waals surface area contributed by atoms with Crippen molar-refractivity contribution in [2.75, 3.05) is 17.2 Å². The topological polar surface area (TPSA) is 61.4 Å². The van der Waals surface area contributed by atoms with Crippen LogP contribution in [0.5, 0.6) is 0 Å². The van der Waals surface area contributed by atoms with Gasteiger partial charge in [-0.2, -0.15) is 0 Å². The van der Waals surface area contributed by atoms with Gasteiger partial charge in [0.2, 0.25) is 5.91 Å². The maximum Gasteiger partial charge on any atom is 0.243 e. The van der Waals surface area contributed by atoms with Gasteiger partial charge in [0.25, 0.3) is 0 Å². The summed E-state index contributed by atoms with van der Waals surface area (Å²) >= 11 is 6.05. The van der Waals surface area contributed by atoms with Crippen LogP contribution in [0.1, 0.15) is 11.1 Å². The van der Waals surface area contributed by atoms with Gasteiger partial charge >= 0.3 is 0 Å². The first-order chi connectivity index (χ1) is 10.1. The Kier molecular flexibility index (Phi) is 5.20. The summed E-state index contributed by atoms with van der Waals surface area (Å²) in [5.41, 5.74) is 3.16. The quantitative estimate of drug-likeness (QED) is 0.795. The third-order valence-corrected chi connectivity index (χ3v) is 3.40. The van der Waals surface area contributed by atoms with Crippen LogP contribution >= 0.6 is 11.6 Å². The Morgan fingerprint density at radius 1 is 1.19 bits per heavy atom. The first kappa shape index (κ1) is 15.4. The molecule has 2 rings (SSSR count). The summed E-state index contributed by atoms with van der Waals surface area (Å²) < 4.78 is 0. The van der Waals surface area contributed by atoms with E-state index in [0.717, 1.165) is 16.8 Å². The molecule has 0 saturated carbocycles. The van der Waals surface area contributed by atoms with E-state index in [2.05, 4.69) is 10.6 Å². The smallest absolute Gasteiger partial charge is 0.243 e. The van der Waals surface area contributed by atoms with Gasteiger partial charge in [0.15, 0.2) is 0 Å². The lowest BCUT2D eigenvalue weighted by molar-refractivity contribution is -0.114. The van der Waals surface area contributed by atoms with Crippen molar-refractivity contribution < 1.29 is 9.90 Å². The maximum atomic E-state index is 11.9. The molecular weight excluding hydrogens is 288 g/mol. The average Bonchev–Trinajstić information content (AvgIpc) is 2.49. The summed E-state index contributed by atoms with van der Waals surface area (Å²) in [5.74, 6) is -0.158. The third kappa shape index (κ3) is 4.21. The number of rotatable bonds is 5. The Balaban J connectivity index is 1.97. The number of hydrogen-bond donors (Lipinski definition) is 3. The molecule has 1 amide bonds. The summed E-state index contributed by atoms with van der Waals surface area (Å²) in [4.78, 5) is 11.9. The van der Waals surface area contributed by atoms with Crippen LogP contribution in [0.25, 0.3) is 0 Å². The number of carbonyl (C=O) groups is 1. The molecule has 0 bridgehead atoms. The zero-order valence-corrected chi connectivity index (χ0v) is 12.4. The van der Waals surface area contributed by atoms with Crippen LogP contribution in [0, 0.1) is 6.92 Å². The van der Waals surface area contributed by atoms with E-state index < -0.39 is 0 Å². The molecular formula is C16H17ClN2O2. The van der Waals surface area contributed by atoms with Crippen LogP contribution in [-0.4, -0.2) is 17.6 Å². The molecule has 0 fully saturated rings. The molecule has 0 spiro atoms. The van der Waals surface area contributed by atoms with Crippen molar-refractivity contribution in [1.29, 1.82) is 0 Å². The van der Waals surface area contributed by atoms with Gasteiger partial charge in [-0.3, -0.25) is 4.79 Å². The first-order valence-electron chi connectivity index (χ1n) is 6.59. The Morgan fingerprint density at radius 3 is 2.67 bits per heavy atom. The molecule has 0 atom stereocenters. The number of nitrogens with one attached hydrogen (secondary N) is 2. The second-order valence-electron chi connectivity index (χ2n) is 4.69. The fraction of sp³-hybridized carbons (Fsp3) is 0.188. The van der Waals surface area contributed by atoms with Crippen LogP contribution in [-0.2, 0) is 11.4 Å². The fourth-order valence-electron chi connectivity index (χ4n) is 1.89. The predicted molar refractivity (Wildman–Crippen MR) is 85.7 cm³/mol. The highest BCUT2D eigenvalue weighted by molar-refractivity contribution is 6.33. The minimum Gasteiger partial charge on any atom is -0.392 e. The van der Waals surface area contributed by atoms with E-state index in [1.165, 1.54) is 0 Å². The molecule has 0 heterocycles. The van der Waals surface area contributed by atoms with E-state index in [1.54, 1.807) is 18.2 Å². The summed E-state index contributed by atoms with van der Waals surface area (Å²) in [7, 11) is 0. The lowest BCUT2D eigenvalue weighted by Crippen LogP contribution is -2.22. The van der Waals surface area contributed by atoms with Crippen molar-refractivity contribution in [3.05, 3.63) is 58.6 Å². The predicted octanol–water partition coefficient (Wildman–Crippen LogP) is 3.19. The van der Waals surface area contributed by atoms with E-state index in [0.29, 0.717) is 10.7 Å². The number of amides is 1. The van der Waals surface area contributed by atoms with Crippen LogP contribution in [0.3, 0.4) is 0 Å². The Hall–Kier alpha value is -2.04. The largest absolute Gasteiger partial charge is 0.392 e. The highest BCUT2D eigenvalue weighted by Crippen LogP contribution is 2.23. The summed E-state index contributed by atoms with van der Waals surface area (Å²) in [5, 5.41) is 15.4. The molecule has 0 aliphatic carbocycles. The second-order valence-corrected chi connectivity index (χ2v) is 5.10. The lowest BCUT2D eigenvalue weighted by Gasteiger charge is -2.11. The van der Waals surface area contributed by atoms with Gasteiger partial charge < -0.3 is 15.7 Å². The van der Waals surface area contributed by atoms with E-state index in [4.69, 9.17) is 16.7 Å². The van der Waals surface area contributed by atoms with E-state index in [1.807, 2.05) is 31.2 Å². The minimum atomic E-state index is -0.158. The van der Waals surface area contributed by atoms with E-state index in [-0.39, 0.29) is 19.1 Å². The number of anilines is 2. The molecule has 0 aromatic heterocycles. The molecule has 0 saturated heterocycles. The highest BCUT2D eigenvalue weighted by atomic mass is 35.5. The molecule has 2 aromatic rings. The maximum absolute atomic E-state index is 11.9. The standard InChI is InChI=1S/C16H17ClN2O2/c1-11-4-2-3-5-14(11)19-16(21)9-18-15-8-12(10-20)6-7-13(15)17/h2-8,18,20H,9-10H2,1H3,(H,19,21). The van der Waals surface area contributed by atoms with Crippen molar-refractivity contribution in [2.24, 2.45) is 0 Å². The number of aryl methyl sites for hydroxylation is 1. The molecule has 3 N–H and O–H groups in total. The average molecular weight is 305 g/mol. The van der Waals surface area contributed by atoms with Crippen molar-refractivity contribution in [3.8, 4) is 0 Å². The fourth-order valence-corrected chi connectivity index (χ4v) is 2.07. The zero-order valence-electron chi connectivity index (χ0n) is 11.7. The Morgan fingerprint density at radius 2 is 1.95 bits per heavy atom. The number of halogens is 1. The van der Waals surface area contributed by atoms with Crippen molar-refractivity contribution in [3.63, 3.8) is 0 Å². The number of hydrogen-bond acceptors (Lipinski definition) is 3. The second kappa shape index (κ2) is 7.11. The summed E-state index contributed by atoms with van der Waals surface area (Å²) in [6.45, 7) is 1.97. The van der Waals surface area contributed by atoms with Gasteiger partial charge in [-0.15, -0.1) is 0 Å². The van der Waals surface area contributed by atoms with Crippen LogP contribution in [0.4, 0.5) is 11.4 Å². The zero-order chi connectivity index (χ0) is 15.2. The number of para-hydroxylation sites is 1. The highest BCUT2D eigenvalue weighted by Gasteiger charge is 2.06. The van der Waals surface area contributed by atoms with Gasteiger partial charge in [0, 0.05) is 5.69 Å². The van der Waals surface area contributed by atoms with E-state index in [9.17, 15) is 4.79 Å². The molecule has 2 aromatic carbocycles. The normalized spacial score (nSPS) is 10.2. The van der Waals surface area contributed by atoms with Crippen LogP contribution in [0.2, 0.25) is 5.02 Å². The Labute approximate surface area is 128 Å². The molecule has 0 unspecified atom stereocenters. The SMILES string of the molecule is Cc1ccccc1NC(=O)CNc1cc(CO)ccc1Cl. The first-order valence-corrected chi connectivity index (χ1v) is 6.96. The number of benzene rings is 2. The molecule has 0 aliphatic rings. The van der Waals surface area contributed by atoms with Crippen LogP contribution in [0.15, 0.2) is 42.5 Å². The molecule has 4 nitrogen and oxygen atoms in total. The van der Waals surface area contributed by atoms with Gasteiger partial charge in [0.05, 0.1) is 23.9 Å². The molecule has 0 aliphatic heterocycles. The number of aliphatic hydroxyl groups is 1. The van der Waals surface area contributed by atoms with Crippen molar-refractivity contribution in [2.45, 2.75) is 13.5 Å². The number of carbonyl (C=O) groups excluding carboxylic acids is 1. The van der Waals surface area contributed by atoms with Gasteiger partial charge in [-0.25, -0.2) is 0 Å². The molecule has 21 heavy (non-hydrogen) atoms. The summed E-state index contributed by atoms with van der Waals surface area (Å²) in [6.07, 6.45) is 0.